The molecule has 9 nitrogen and oxygen atoms in total. The number of rotatable bonds is 5. The summed E-state index contributed by atoms with van der Waals surface area (Å²) < 4.78 is 43.5. The summed E-state index contributed by atoms with van der Waals surface area (Å²) in [5, 5.41) is 14.1. The second-order valence-corrected chi connectivity index (χ2v) is 10.9. The molecule has 1 unspecified atom stereocenters. The van der Waals surface area contributed by atoms with Gasteiger partial charge in [-0.15, -0.1) is 0 Å². The van der Waals surface area contributed by atoms with Crippen LogP contribution in [0.25, 0.3) is 10.9 Å². The molecule has 194 valence electrons. The van der Waals surface area contributed by atoms with Crippen LogP contribution in [0.15, 0.2) is 10.7 Å². The first-order valence-corrected chi connectivity index (χ1v) is 13.2. The number of alkyl halides is 1. The average molecular weight is 595 g/mol. The summed E-state index contributed by atoms with van der Waals surface area (Å²) in [4.78, 5) is 13.1. The Hall–Kier alpha value is -2.75. The van der Waals surface area contributed by atoms with Gasteiger partial charge in [0, 0.05) is 20.0 Å². The highest BCUT2D eigenvalue weighted by atomic mass is 79.9. The lowest BCUT2D eigenvalue weighted by atomic mass is 9.95. The van der Waals surface area contributed by atoms with Crippen molar-refractivity contribution in [3.05, 3.63) is 32.8 Å². The summed E-state index contributed by atoms with van der Waals surface area (Å²) in [7, 11) is 1.75. The quantitative estimate of drug-likeness (QED) is 0.407. The Balaban J connectivity index is 1.44. The van der Waals surface area contributed by atoms with Gasteiger partial charge < -0.3 is 14.4 Å². The molecule has 0 N–H and O–H groups in total. The fraction of sp³-hybridized carbons (Fsp3) is 0.500. The minimum absolute atomic E-state index is 0.000689. The zero-order chi connectivity index (χ0) is 25.9. The monoisotopic (exact) mass is 593 g/mol. The van der Waals surface area contributed by atoms with Gasteiger partial charge in [-0.2, -0.15) is 20.3 Å². The van der Waals surface area contributed by atoms with E-state index in [-0.39, 0.29) is 46.5 Å². The van der Waals surface area contributed by atoms with Crippen LogP contribution in [0.2, 0.25) is 5.02 Å². The summed E-state index contributed by atoms with van der Waals surface area (Å²) in [6.07, 6.45) is 2.79. The molecule has 2 fully saturated rings. The summed E-state index contributed by atoms with van der Waals surface area (Å²) in [5.41, 5.74) is 0.690. The molecule has 0 spiro atoms. The highest BCUT2D eigenvalue weighted by Crippen LogP contribution is 2.46. The van der Waals surface area contributed by atoms with E-state index >= 15 is 4.39 Å². The van der Waals surface area contributed by atoms with Crippen molar-refractivity contribution in [2.45, 2.75) is 37.5 Å². The van der Waals surface area contributed by atoms with Crippen LogP contribution in [0.3, 0.4) is 0 Å². The first kappa shape index (κ1) is 24.6. The van der Waals surface area contributed by atoms with E-state index in [4.69, 9.17) is 21.1 Å². The van der Waals surface area contributed by atoms with E-state index in [1.807, 2.05) is 4.90 Å². The van der Waals surface area contributed by atoms with Crippen LogP contribution < -0.4 is 14.4 Å². The van der Waals surface area contributed by atoms with Gasteiger partial charge in [0.15, 0.2) is 11.6 Å². The molecular formula is C24H23BrClF2N7O2. The van der Waals surface area contributed by atoms with Gasteiger partial charge in [-0.05, 0) is 35.3 Å². The molecule has 0 saturated carbocycles. The second kappa shape index (κ2) is 9.22. The lowest BCUT2D eigenvalue weighted by Gasteiger charge is -2.31. The van der Waals surface area contributed by atoms with Crippen LogP contribution in [-0.4, -0.2) is 69.2 Å². The fourth-order valence-electron chi connectivity index (χ4n) is 5.73. The standard InChI is InChI=1S/C24H23BrClF2N7O2/c1-33-15(13(8-29)9-30-33)11-34-5-6-36-21-16-20(19(28)17(25)18(21)26)31-23(32-22(16)34)37-12-24-3-2-4-35(24)10-14(27)7-24/h9,14H,2-7,10-12H2,1H3/t14?,24-/m0/s1. The van der Waals surface area contributed by atoms with Gasteiger partial charge >= 0.3 is 6.01 Å². The third-order valence-corrected chi connectivity index (χ3v) is 8.88. The Morgan fingerprint density at radius 1 is 1.38 bits per heavy atom. The number of benzene rings is 1. The highest BCUT2D eigenvalue weighted by Gasteiger charge is 2.49. The molecule has 0 amide bonds. The van der Waals surface area contributed by atoms with Crippen molar-refractivity contribution in [2.75, 3.05) is 37.7 Å². The molecule has 13 heteroatoms. The molecule has 1 aromatic carbocycles. The molecule has 3 aliphatic heterocycles. The van der Waals surface area contributed by atoms with E-state index in [0.29, 0.717) is 42.0 Å². The van der Waals surface area contributed by atoms with Crippen LogP contribution >= 0.6 is 27.5 Å². The topological polar surface area (TPSA) is 92.3 Å². The lowest BCUT2D eigenvalue weighted by Crippen LogP contribution is -2.43. The number of fused-ring (bicyclic) bond motifs is 1. The van der Waals surface area contributed by atoms with Crippen LogP contribution in [0.5, 0.6) is 11.8 Å². The van der Waals surface area contributed by atoms with Gasteiger partial charge in [0.25, 0.3) is 0 Å². The van der Waals surface area contributed by atoms with Gasteiger partial charge in [-0.1, -0.05) is 11.6 Å². The maximum absolute atomic E-state index is 15.5. The minimum atomic E-state index is -0.898. The number of anilines is 1. The number of aryl methyl sites for hydroxylation is 1. The van der Waals surface area contributed by atoms with E-state index in [0.717, 1.165) is 19.4 Å². The highest BCUT2D eigenvalue weighted by molar-refractivity contribution is 9.10. The molecule has 3 aliphatic rings. The van der Waals surface area contributed by atoms with Crippen molar-refractivity contribution in [1.82, 2.24) is 24.6 Å². The zero-order valence-corrected chi connectivity index (χ0v) is 22.3. The van der Waals surface area contributed by atoms with Crippen molar-refractivity contribution < 1.29 is 18.3 Å². The molecule has 37 heavy (non-hydrogen) atoms. The van der Waals surface area contributed by atoms with Gasteiger partial charge in [0.1, 0.15) is 41.8 Å². The molecule has 2 saturated heterocycles. The van der Waals surface area contributed by atoms with Gasteiger partial charge in [-0.25, -0.2) is 8.78 Å². The number of hydrogen-bond donors (Lipinski definition) is 0. The Kier molecular flexibility index (Phi) is 6.12. The van der Waals surface area contributed by atoms with Crippen molar-refractivity contribution in [1.29, 1.82) is 5.26 Å². The third kappa shape index (κ3) is 3.99. The van der Waals surface area contributed by atoms with Crippen LogP contribution in [0.1, 0.15) is 30.5 Å². The average Bonchev–Trinajstić information content (AvgIpc) is 3.49. The molecule has 0 radical (unpaired) electrons. The van der Waals surface area contributed by atoms with Crippen molar-refractivity contribution in [2.24, 2.45) is 7.05 Å². The van der Waals surface area contributed by atoms with E-state index in [1.54, 1.807) is 11.7 Å². The zero-order valence-electron chi connectivity index (χ0n) is 20.0. The van der Waals surface area contributed by atoms with E-state index in [9.17, 15) is 9.65 Å². The molecular weight excluding hydrogens is 572 g/mol. The van der Waals surface area contributed by atoms with Gasteiger partial charge in [-0.3, -0.25) is 9.58 Å². The Morgan fingerprint density at radius 3 is 3.03 bits per heavy atom. The summed E-state index contributed by atoms with van der Waals surface area (Å²) in [6.45, 7) is 2.33. The van der Waals surface area contributed by atoms with E-state index in [2.05, 4.69) is 42.0 Å². The predicted molar refractivity (Wildman–Crippen MR) is 135 cm³/mol. The molecule has 2 aromatic heterocycles. The van der Waals surface area contributed by atoms with Crippen LogP contribution in [0, 0.1) is 17.1 Å². The summed E-state index contributed by atoms with van der Waals surface area (Å²) >= 11 is 9.69. The van der Waals surface area contributed by atoms with Crippen molar-refractivity contribution in [3.8, 4) is 17.8 Å². The SMILES string of the molecule is Cn1ncc(C#N)c1CN1CCOc2c(Cl)c(Br)c(F)c3nc(OC[C@@]45CCCN4CC(F)C5)nc1c23. The Morgan fingerprint density at radius 2 is 2.22 bits per heavy atom. The number of aromatic nitrogens is 4. The molecule has 0 bridgehead atoms. The van der Waals surface area contributed by atoms with Crippen LogP contribution in [0.4, 0.5) is 14.6 Å². The maximum Gasteiger partial charge on any atom is 0.319 e. The predicted octanol–water partition coefficient (Wildman–Crippen LogP) is 4.14. The maximum atomic E-state index is 15.5. The first-order chi connectivity index (χ1) is 17.8. The number of nitriles is 1. The third-order valence-electron chi connectivity index (χ3n) is 7.55. The fourth-order valence-corrected chi connectivity index (χ4v) is 6.33. The number of ether oxygens (including phenoxy) is 2. The smallest absolute Gasteiger partial charge is 0.319 e. The van der Waals surface area contributed by atoms with Crippen molar-refractivity contribution >= 4 is 44.3 Å². The molecule has 5 heterocycles. The van der Waals surface area contributed by atoms with Gasteiger partial charge in [0.05, 0.1) is 45.9 Å². The largest absolute Gasteiger partial charge is 0.489 e. The summed E-state index contributed by atoms with van der Waals surface area (Å²) in [5.74, 6) is -0.0103. The molecule has 2 atom stereocenters. The first-order valence-electron chi connectivity index (χ1n) is 12.0. The molecule has 0 aliphatic carbocycles. The number of nitrogens with zero attached hydrogens (tertiary/aromatic N) is 7. The number of hydrogen-bond acceptors (Lipinski definition) is 8. The molecule has 6 rings (SSSR count). The summed E-state index contributed by atoms with van der Waals surface area (Å²) in [6, 6.07) is 2.15. The van der Waals surface area contributed by atoms with E-state index in [1.165, 1.54) is 6.20 Å². The van der Waals surface area contributed by atoms with E-state index < -0.39 is 17.5 Å². The second-order valence-electron chi connectivity index (χ2n) is 9.70. The Labute approximate surface area is 225 Å². The normalized spacial score (nSPS) is 23.1. The Bertz CT molecular complexity index is 1450. The van der Waals surface area contributed by atoms with Crippen LogP contribution in [-0.2, 0) is 13.6 Å². The van der Waals surface area contributed by atoms with Gasteiger partial charge in [0.2, 0.25) is 0 Å². The van der Waals surface area contributed by atoms with Crippen molar-refractivity contribution in [3.63, 3.8) is 0 Å². The minimum Gasteiger partial charge on any atom is -0.489 e. The lowest BCUT2D eigenvalue weighted by molar-refractivity contribution is 0.107. The number of halogens is 4. The molecule has 3 aromatic rings.